The summed E-state index contributed by atoms with van der Waals surface area (Å²) in [7, 11) is 1.92. The fourth-order valence-electron chi connectivity index (χ4n) is 2.87. The van der Waals surface area contributed by atoms with E-state index in [-0.39, 0.29) is 0 Å². The number of aliphatic hydroxyl groups is 1. The molecule has 1 fully saturated rings. The molecule has 1 N–H and O–H groups in total. The summed E-state index contributed by atoms with van der Waals surface area (Å²) >= 11 is 12.1. The minimum atomic E-state index is -0.607. The van der Waals surface area contributed by atoms with Gasteiger partial charge in [0.15, 0.2) is 0 Å². The molecule has 1 aromatic heterocycles. The van der Waals surface area contributed by atoms with Crippen LogP contribution in [0.25, 0.3) is 0 Å². The topological polar surface area (TPSA) is 44.5 Å². The average Bonchev–Trinajstić information content (AvgIpc) is 2.94. The third-order valence-electron chi connectivity index (χ3n) is 4.18. The molecule has 2 heterocycles. The Bertz CT molecular complexity index is 668. The molecular formula is C16H20Cl2N4O. The molecule has 1 saturated heterocycles. The van der Waals surface area contributed by atoms with Gasteiger partial charge in [-0.1, -0.05) is 29.3 Å². The average molecular weight is 355 g/mol. The molecular weight excluding hydrogens is 335 g/mol. The Morgan fingerprint density at radius 3 is 2.57 bits per heavy atom. The molecule has 0 bridgehead atoms. The summed E-state index contributed by atoms with van der Waals surface area (Å²) in [5.41, 5.74) is 1.87. The second kappa shape index (κ2) is 7.09. The lowest BCUT2D eigenvalue weighted by molar-refractivity contribution is 0.109. The number of benzene rings is 1. The zero-order valence-electron chi connectivity index (χ0n) is 13.0. The molecule has 1 aromatic carbocycles. The van der Waals surface area contributed by atoms with E-state index >= 15 is 0 Å². The van der Waals surface area contributed by atoms with Crippen LogP contribution in [0.2, 0.25) is 10.0 Å². The highest BCUT2D eigenvalue weighted by Gasteiger charge is 2.21. The Hall–Kier alpha value is -1.27. The molecule has 0 radical (unpaired) electrons. The molecule has 0 aliphatic carbocycles. The van der Waals surface area contributed by atoms with Gasteiger partial charge in [-0.15, -0.1) is 0 Å². The van der Waals surface area contributed by atoms with Gasteiger partial charge in [0.25, 0.3) is 0 Å². The van der Waals surface area contributed by atoms with Crippen LogP contribution in [0.5, 0.6) is 0 Å². The van der Waals surface area contributed by atoms with E-state index in [1.807, 2.05) is 24.1 Å². The Labute approximate surface area is 146 Å². The van der Waals surface area contributed by atoms with Gasteiger partial charge in [0.2, 0.25) is 0 Å². The fourth-order valence-corrected chi connectivity index (χ4v) is 3.41. The normalized spacial score (nSPS) is 17.5. The van der Waals surface area contributed by atoms with E-state index in [2.05, 4.69) is 14.9 Å². The van der Waals surface area contributed by atoms with Crippen molar-refractivity contribution in [2.24, 2.45) is 7.05 Å². The highest BCUT2D eigenvalue weighted by Crippen LogP contribution is 2.27. The van der Waals surface area contributed by atoms with Crippen LogP contribution in [0.15, 0.2) is 30.6 Å². The number of piperazine rings is 1. The van der Waals surface area contributed by atoms with Crippen LogP contribution in [0.4, 0.5) is 5.69 Å². The van der Waals surface area contributed by atoms with Crippen molar-refractivity contribution in [1.29, 1.82) is 0 Å². The number of aromatic nitrogens is 2. The summed E-state index contributed by atoms with van der Waals surface area (Å²) in [6, 6.07) is 5.22. The lowest BCUT2D eigenvalue weighted by Crippen LogP contribution is -2.47. The van der Waals surface area contributed by atoms with Crippen LogP contribution >= 0.6 is 23.2 Å². The van der Waals surface area contributed by atoms with Gasteiger partial charge in [-0.2, -0.15) is 5.10 Å². The highest BCUT2D eigenvalue weighted by molar-refractivity contribution is 6.35. The molecule has 0 amide bonds. The number of hydrogen-bond acceptors (Lipinski definition) is 4. The largest absolute Gasteiger partial charge is 0.387 e. The summed E-state index contributed by atoms with van der Waals surface area (Å²) in [6.07, 6.45) is 3.31. The Morgan fingerprint density at radius 1 is 1.22 bits per heavy atom. The van der Waals surface area contributed by atoms with E-state index < -0.39 is 6.10 Å². The molecule has 3 rings (SSSR count). The maximum Gasteiger partial charge on any atom is 0.0931 e. The maximum atomic E-state index is 10.4. The standard InChI is InChI=1S/C16H20Cl2N4O/c1-20-10-13(9-19-20)22-6-4-21(5-7-22)11-16(23)14-3-2-12(17)8-15(14)18/h2-3,8-10,16,23H,4-7,11H2,1H3. The van der Waals surface area contributed by atoms with Gasteiger partial charge in [-0.05, 0) is 12.1 Å². The molecule has 1 atom stereocenters. The minimum absolute atomic E-state index is 0.513. The monoisotopic (exact) mass is 354 g/mol. The Kier molecular flexibility index (Phi) is 5.11. The summed E-state index contributed by atoms with van der Waals surface area (Å²) in [4.78, 5) is 4.56. The quantitative estimate of drug-likeness (QED) is 0.916. The van der Waals surface area contributed by atoms with Gasteiger partial charge in [0.05, 0.1) is 18.0 Å². The van der Waals surface area contributed by atoms with E-state index in [0.717, 1.165) is 37.4 Å². The predicted octanol–water partition coefficient (Wildman–Crippen LogP) is 2.58. The first-order valence-electron chi connectivity index (χ1n) is 7.62. The third kappa shape index (κ3) is 3.98. The summed E-state index contributed by atoms with van der Waals surface area (Å²) in [5, 5.41) is 15.7. The molecule has 5 nitrogen and oxygen atoms in total. The van der Waals surface area contributed by atoms with E-state index in [0.29, 0.717) is 16.6 Å². The smallest absolute Gasteiger partial charge is 0.0931 e. The number of nitrogens with zero attached hydrogens (tertiary/aromatic N) is 4. The van der Waals surface area contributed by atoms with Gasteiger partial charge < -0.3 is 10.0 Å². The molecule has 0 saturated carbocycles. The van der Waals surface area contributed by atoms with E-state index in [4.69, 9.17) is 23.2 Å². The van der Waals surface area contributed by atoms with Gasteiger partial charge in [-0.3, -0.25) is 9.58 Å². The SMILES string of the molecule is Cn1cc(N2CCN(CC(O)c3ccc(Cl)cc3Cl)CC2)cn1. The second-order valence-corrected chi connectivity index (χ2v) is 6.69. The zero-order valence-corrected chi connectivity index (χ0v) is 14.5. The number of aryl methyl sites for hydroxylation is 1. The van der Waals surface area contributed by atoms with Crippen molar-refractivity contribution in [2.45, 2.75) is 6.10 Å². The van der Waals surface area contributed by atoms with Crippen molar-refractivity contribution in [1.82, 2.24) is 14.7 Å². The molecule has 2 aromatic rings. The number of β-amino-alcohol motifs (C(OH)–C–C–N with tert-alkyl or cyclic N) is 1. The summed E-state index contributed by atoms with van der Waals surface area (Å²) < 4.78 is 1.81. The van der Waals surface area contributed by atoms with E-state index in [1.54, 1.807) is 18.2 Å². The third-order valence-corrected chi connectivity index (χ3v) is 4.74. The van der Waals surface area contributed by atoms with Gasteiger partial charge in [0, 0.05) is 61.6 Å². The molecule has 0 spiro atoms. The van der Waals surface area contributed by atoms with Gasteiger partial charge in [0.1, 0.15) is 0 Å². The lowest BCUT2D eigenvalue weighted by atomic mass is 10.1. The number of aliphatic hydroxyl groups excluding tert-OH is 1. The number of halogens is 2. The van der Waals surface area contributed by atoms with Crippen molar-refractivity contribution < 1.29 is 5.11 Å². The van der Waals surface area contributed by atoms with E-state index in [1.165, 1.54) is 0 Å². The van der Waals surface area contributed by atoms with Crippen LogP contribution in [0.3, 0.4) is 0 Å². The number of hydrogen-bond donors (Lipinski definition) is 1. The molecule has 23 heavy (non-hydrogen) atoms. The van der Waals surface area contributed by atoms with Crippen LogP contribution < -0.4 is 4.90 Å². The molecule has 1 unspecified atom stereocenters. The minimum Gasteiger partial charge on any atom is -0.387 e. The van der Waals surface area contributed by atoms with Crippen molar-refractivity contribution >= 4 is 28.9 Å². The molecule has 124 valence electrons. The van der Waals surface area contributed by atoms with Gasteiger partial charge in [-0.25, -0.2) is 0 Å². The van der Waals surface area contributed by atoms with Crippen LogP contribution in [0, 0.1) is 0 Å². The van der Waals surface area contributed by atoms with Crippen LogP contribution in [-0.2, 0) is 7.05 Å². The van der Waals surface area contributed by atoms with Gasteiger partial charge >= 0.3 is 0 Å². The van der Waals surface area contributed by atoms with Crippen molar-refractivity contribution in [3.63, 3.8) is 0 Å². The first-order chi connectivity index (χ1) is 11.0. The number of anilines is 1. The lowest BCUT2D eigenvalue weighted by Gasteiger charge is -2.36. The number of rotatable bonds is 4. The first-order valence-corrected chi connectivity index (χ1v) is 8.37. The fraction of sp³-hybridized carbons (Fsp3) is 0.438. The van der Waals surface area contributed by atoms with Crippen LogP contribution in [-0.4, -0.2) is 52.5 Å². The molecule has 1 aliphatic heterocycles. The van der Waals surface area contributed by atoms with Crippen molar-refractivity contribution in [3.8, 4) is 0 Å². The van der Waals surface area contributed by atoms with Crippen molar-refractivity contribution in [2.75, 3.05) is 37.6 Å². The second-order valence-electron chi connectivity index (χ2n) is 5.84. The molecule has 7 heteroatoms. The summed E-state index contributed by atoms with van der Waals surface area (Å²) in [6.45, 7) is 4.22. The predicted molar refractivity (Wildman–Crippen MR) is 93.3 cm³/mol. The van der Waals surface area contributed by atoms with E-state index in [9.17, 15) is 5.11 Å². The Morgan fingerprint density at radius 2 is 1.96 bits per heavy atom. The zero-order chi connectivity index (χ0) is 16.4. The highest BCUT2D eigenvalue weighted by atomic mass is 35.5. The molecule has 1 aliphatic rings. The van der Waals surface area contributed by atoms with Crippen LogP contribution in [0.1, 0.15) is 11.7 Å². The summed E-state index contributed by atoms with van der Waals surface area (Å²) in [5.74, 6) is 0. The maximum absolute atomic E-state index is 10.4. The van der Waals surface area contributed by atoms with Crippen molar-refractivity contribution in [3.05, 3.63) is 46.2 Å². The first kappa shape index (κ1) is 16.6. The Balaban J connectivity index is 1.56.